The third kappa shape index (κ3) is 24.6. The molecule has 0 aliphatic carbocycles. The highest BCUT2D eigenvalue weighted by Crippen LogP contribution is 2.14. The first-order chi connectivity index (χ1) is 17.2. The quantitative estimate of drug-likeness (QED) is 0.0791. The third-order valence-corrected chi connectivity index (χ3v) is 7.02. The first-order valence-electron chi connectivity index (χ1n) is 15.4. The number of nitrogens with one attached hydrogen (secondary N) is 1. The van der Waals surface area contributed by atoms with E-state index in [4.69, 9.17) is 0 Å². The first kappa shape index (κ1) is 34.1. The van der Waals surface area contributed by atoms with Crippen molar-refractivity contribution < 1.29 is 15.0 Å². The van der Waals surface area contributed by atoms with Crippen molar-refractivity contribution in [2.24, 2.45) is 0 Å². The standard InChI is InChI=1S/C31H61NO3/c1-3-5-7-9-11-12-13-14-15-16-17-18-19-21-22-24-26-30(34)29(28-33)32-31(35)27-25-23-20-10-8-6-4-2/h24,26,29-30,33-34H,3-23,25,27-28H2,1-2H3,(H,32,35)/b26-24+/t29-,30+/m0/s1. The summed E-state index contributed by atoms with van der Waals surface area (Å²) in [6.07, 6.45) is 31.5. The smallest absolute Gasteiger partial charge is 0.220 e. The van der Waals surface area contributed by atoms with Crippen LogP contribution < -0.4 is 5.32 Å². The van der Waals surface area contributed by atoms with E-state index in [9.17, 15) is 15.0 Å². The molecule has 0 rings (SSSR count). The van der Waals surface area contributed by atoms with Crippen molar-refractivity contribution >= 4 is 5.91 Å². The zero-order valence-electron chi connectivity index (χ0n) is 23.6. The van der Waals surface area contributed by atoms with Crippen LogP contribution in [0.3, 0.4) is 0 Å². The summed E-state index contributed by atoms with van der Waals surface area (Å²) in [5, 5.41) is 22.7. The Kier molecular flexibility index (Phi) is 27.0. The number of amides is 1. The highest BCUT2D eigenvalue weighted by molar-refractivity contribution is 5.76. The van der Waals surface area contributed by atoms with Gasteiger partial charge in [0.15, 0.2) is 0 Å². The van der Waals surface area contributed by atoms with Crippen LogP contribution in [0.1, 0.15) is 162 Å². The average Bonchev–Trinajstić information content (AvgIpc) is 2.86. The molecule has 3 N–H and O–H groups in total. The SMILES string of the molecule is CCCCCCCCCCCCCCCC/C=C/[C@@H](O)[C@H](CO)NC(=O)CCCCCCCCC. The lowest BCUT2D eigenvalue weighted by atomic mass is 10.0. The molecule has 0 fully saturated rings. The fourth-order valence-corrected chi connectivity index (χ4v) is 4.59. The number of hydrogen-bond donors (Lipinski definition) is 3. The van der Waals surface area contributed by atoms with Crippen LogP contribution in [0.15, 0.2) is 12.2 Å². The second-order valence-electron chi connectivity index (χ2n) is 10.5. The van der Waals surface area contributed by atoms with Gasteiger partial charge in [-0.1, -0.05) is 148 Å². The van der Waals surface area contributed by atoms with Crippen LogP contribution >= 0.6 is 0 Å². The maximum atomic E-state index is 12.1. The Morgan fingerprint density at radius 1 is 0.657 bits per heavy atom. The molecule has 0 aliphatic rings. The van der Waals surface area contributed by atoms with Crippen molar-refractivity contribution in [1.82, 2.24) is 5.32 Å². The Morgan fingerprint density at radius 2 is 1.06 bits per heavy atom. The molecule has 0 aromatic rings. The molecule has 0 spiro atoms. The number of unbranched alkanes of at least 4 members (excludes halogenated alkanes) is 20. The number of aliphatic hydroxyl groups excluding tert-OH is 2. The van der Waals surface area contributed by atoms with Gasteiger partial charge in [0, 0.05) is 6.42 Å². The molecule has 0 aromatic heterocycles. The molecule has 2 atom stereocenters. The van der Waals surface area contributed by atoms with E-state index in [0.717, 1.165) is 25.7 Å². The van der Waals surface area contributed by atoms with Crippen LogP contribution in [-0.4, -0.2) is 34.9 Å². The summed E-state index contributed by atoms with van der Waals surface area (Å²) in [5.41, 5.74) is 0. The average molecular weight is 496 g/mol. The first-order valence-corrected chi connectivity index (χ1v) is 15.4. The summed E-state index contributed by atoms with van der Waals surface area (Å²) in [5.74, 6) is -0.0722. The molecule has 0 radical (unpaired) electrons. The van der Waals surface area contributed by atoms with Crippen molar-refractivity contribution in [2.75, 3.05) is 6.61 Å². The van der Waals surface area contributed by atoms with Crippen LogP contribution in [-0.2, 0) is 4.79 Å². The molecule has 0 aliphatic heterocycles. The largest absolute Gasteiger partial charge is 0.394 e. The molecule has 4 nitrogen and oxygen atoms in total. The normalized spacial score (nSPS) is 13.4. The summed E-state index contributed by atoms with van der Waals surface area (Å²) in [6, 6.07) is -0.611. The predicted molar refractivity (Wildman–Crippen MR) is 152 cm³/mol. The number of aliphatic hydroxyl groups is 2. The summed E-state index contributed by atoms with van der Waals surface area (Å²) >= 11 is 0. The van der Waals surface area contributed by atoms with Gasteiger partial charge in [-0.05, 0) is 19.3 Å². The molecule has 0 aromatic carbocycles. The van der Waals surface area contributed by atoms with Crippen molar-refractivity contribution in [2.45, 2.75) is 174 Å². The highest BCUT2D eigenvalue weighted by atomic mass is 16.3. The maximum absolute atomic E-state index is 12.1. The number of rotatable bonds is 27. The number of carbonyl (C=O) groups is 1. The minimum absolute atomic E-state index is 0.0722. The Bertz CT molecular complexity index is 466. The summed E-state index contributed by atoms with van der Waals surface area (Å²) in [6.45, 7) is 4.25. The molecule has 208 valence electrons. The molecule has 0 bridgehead atoms. The lowest BCUT2D eigenvalue weighted by Crippen LogP contribution is -2.45. The van der Waals surface area contributed by atoms with E-state index in [0.29, 0.717) is 6.42 Å². The number of allylic oxidation sites excluding steroid dienone is 1. The van der Waals surface area contributed by atoms with Gasteiger partial charge < -0.3 is 15.5 Å². The van der Waals surface area contributed by atoms with E-state index in [1.807, 2.05) is 6.08 Å². The van der Waals surface area contributed by atoms with Gasteiger partial charge in [0.05, 0.1) is 18.8 Å². The van der Waals surface area contributed by atoms with E-state index in [-0.39, 0.29) is 12.5 Å². The van der Waals surface area contributed by atoms with E-state index < -0.39 is 12.1 Å². The van der Waals surface area contributed by atoms with Crippen molar-refractivity contribution in [3.8, 4) is 0 Å². The zero-order chi connectivity index (χ0) is 25.8. The monoisotopic (exact) mass is 495 g/mol. The van der Waals surface area contributed by atoms with Crippen LogP contribution in [0.5, 0.6) is 0 Å². The second kappa shape index (κ2) is 27.7. The summed E-state index contributed by atoms with van der Waals surface area (Å²) in [4.78, 5) is 12.1. The fourth-order valence-electron chi connectivity index (χ4n) is 4.59. The Labute approximate surface area is 218 Å². The van der Waals surface area contributed by atoms with E-state index in [1.54, 1.807) is 6.08 Å². The predicted octanol–water partition coefficient (Wildman–Crippen LogP) is 8.39. The van der Waals surface area contributed by atoms with Crippen molar-refractivity contribution in [1.29, 1.82) is 0 Å². The highest BCUT2D eigenvalue weighted by Gasteiger charge is 2.17. The van der Waals surface area contributed by atoms with Gasteiger partial charge in [0.1, 0.15) is 0 Å². The molecule has 0 saturated heterocycles. The van der Waals surface area contributed by atoms with Gasteiger partial charge in [-0.3, -0.25) is 4.79 Å². The molecule has 0 heterocycles. The number of hydrogen-bond acceptors (Lipinski definition) is 3. The van der Waals surface area contributed by atoms with Crippen molar-refractivity contribution in [3.05, 3.63) is 12.2 Å². The Hall–Kier alpha value is -0.870. The second-order valence-corrected chi connectivity index (χ2v) is 10.5. The third-order valence-electron chi connectivity index (χ3n) is 7.02. The fraction of sp³-hybridized carbons (Fsp3) is 0.903. The molecular weight excluding hydrogens is 434 g/mol. The van der Waals surface area contributed by atoms with Gasteiger partial charge >= 0.3 is 0 Å². The maximum Gasteiger partial charge on any atom is 0.220 e. The Balaban J connectivity index is 3.62. The van der Waals surface area contributed by atoms with Crippen molar-refractivity contribution in [3.63, 3.8) is 0 Å². The molecule has 0 unspecified atom stereocenters. The van der Waals surface area contributed by atoms with Crippen LogP contribution in [0, 0.1) is 0 Å². The van der Waals surface area contributed by atoms with Gasteiger partial charge in [-0.15, -0.1) is 0 Å². The van der Waals surface area contributed by atoms with Crippen LogP contribution in [0.2, 0.25) is 0 Å². The van der Waals surface area contributed by atoms with Gasteiger partial charge in [0.2, 0.25) is 5.91 Å². The van der Waals surface area contributed by atoms with Crippen LogP contribution in [0.25, 0.3) is 0 Å². The van der Waals surface area contributed by atoms with E-state index in [2.05, 4.69) is 19.2 Å². The molecule has 4 heteroatoms. The lowest BCUT2D eigenvalue weighted by Gasteiger charge is -2.20. The lowest BCUT2D eigenvalue weighted by molar-refractivity contribution is -0.123. The van der Waals surface area contributed by atoms with Gasteiger partial charge in [-0.2, -0.15) is 0 Å². The topological polar surface area (TPSA) is 69.6 Å². The van der Waals surface area contributed by atoms with E-state index >= 15 is 0 Å². The summed E-state index contributed by atoms with van der Waals surface area (Å²) < 4.78 is 0. The minimum atomic E-state index is -0.829. The van der Waals surface area contributed by atoms with Gasteiger partial charge in [0.25, 0.3) is 0 Å². The molecule has 35 heavy (non-hydrogen) atoms. The summed E-state index contributed by atoms with van der Waals surface area (Å²) in [7, 11) is 0. The zero-order valence-corrected chi connectivity index (χ0v) is 23.6. The molecule has 0 saturated carbocycles. The van der Waals surface area contributed by atoms with E-state index in [1.165, 1.54) is 116 Å². The Morgan fingerprint density at radius 3 is 1.49 bits per heavy atom. The molecular formula is C31H61NO3. The molecule has 1 amide bonds. The van der Waals surface area contributed by atoms with Crippen LogP contribution in [0.4, 0.5) is 0 Å². The number of carbonyl (C=O) groups excluding carboxylic acids is 1. The minimum Gasteiger partial charge on any atom is -0.394 e. The van der Waals surface area contributed by atoms with Gasteiger partial charge in [-0.25, -0.2) is 0 Å².